The highest BCUT2D eigenvalue weighted by molar-refractivity contribution is 5.74. The fourth-order valence-corrected chi connectivity index (χ4v) is 2.03. The number of aldehydes is 1. The summed E-state index contributed by atoms with van der Waals surface area (Å²) in [7, 11) is 0. The molecule has 0 aromatic rings. The molecule has 13 heavy (non-hydrogen) atoms. The van der Waals surface area contributed by atoms with E-state index in [9.17, 15) is 4.79 Å². The van der Waals surface area contributed by atoms with E-state index in [1.807, 2.05) is 13.0 Å². The third kappa shape index (κ3) is 1.60. The number of hydrogen-bond acceptors (Lipinski definition) is 1. The highest BCUT2D eigenvalue weighted by Crippen LogP contribution is 2.45. The van der Waals surface area contributed by atoms with Crippen molar-refractivity contribution in [3.63, 3.8) is 0 Å². The van der Waals surface area contributed by atoms with Crippen molar-refractivity contribution in [3.05, 3.63) is 23.3 Å². The van der Waals surface area contributed by atoms with Gasteiger partial charge in [-0.1, -0.05) is 31.6 Å². The predicted molar refractivity (Wildman–Crippen MR) is 55.5 cm³/mol. The van der Waals surface area contributed by atoms with Crippen LogP contribution in [0.3, 0.4) is 0 Å². The first-order valence-corrected chi connectivity index (χ1v) is 4.82. The zero-order valence-electron chi connectivity index (χ0n) is 8.92. The van der Waals surface area contributed by atoms with Crippen LogP contribution in [0.25, 0.3) is 0 Å². The van der Waals surface area contributed by atoms with Gasteiger partial charge in [0.1, 0.15) is 6.29 Å². The second-order valence-electron chi connectivity index (χ2n) is 4.30. The third-order valence-corrected chi connectivity index (χ3v) is 3.42. The van der Waals surface area contributed by atoms with Crippen molar-refractivity contribution in [1.82, 2.24) is 0 Å². The van der Waals surface area contributed by atoms with Gasteiger partial charge in [-0.25, -0.2) is 0 Å². The van der Waals surface area contributed by atoms with Crippen LogP contribution in [0.5, 0.6) is 0 Å². The fraction of sp³-hybridized carbons (Fsp3) is 0.583. The fourth-order valence-electron chi connectivity index (χ4n) is 2.03. The topological polar surface area (TPSA) is 17.1 Å². The van der Waals surface area contributed by atoms with Gasteiger partial charge in [0.25, 0.3) is 0 Å². The second-order valence-corrected chi connectivity index (χ2v) is 4.30. The number of allylic oxidation sites excluding steroid dienone is 4. The molecule has 1 heteroatoms. The molecule has 1 aliphatic carbocycles. The van der Waals surface area contributed by atoms with Gasteiger partial charge >= 0.3 is 0 Å². The lowest BCUT2D eigenvalue weighted by atomic mass is 9.74. The van der Waals surface area contributed by atoms with E-state index in [0.717, 1.165) is 18.3 Å². The molecule has 0 radical (unpaired) electrons. The molecule has 1 rings (SSSR count). The quantitative estimate of drug-likeness (QED) is 0.361. The van der Waals surface area contributed by atoms with Crippen LogP contribution in [0.2, 0.25) is 0 Å². The first kappa shape index (κ1) is 10.2. The first-order valence-electron chi connectivity index (χ1n) is 4.82. The molecule has 0 aromatic carbocycles. The zero-order valence-corrected chi connectivity index (χ0v) is 8.92. The van der Waals surface area contributed by atoms with Gasteiger partial charge in [0.05, 0.1) is 0 Å². The number of rotatable bonds is 2. The van der Waals surface area contributed by atoms with Crippen LogP contribution in [0.1, 0.15) is 34.1 Å². The minimum Gasteiger partial charge on any atom is -0.298 e. The summed E-state index contributed by atoms with van der Waals surface area (Å²) < 4.78 is 0. The molecule has 0 amide bonds. The Morgan fingerprint density at radius 1 is 1.62 bits per heavy atom. The van der Waals surface area contributed by atoms with Crippen LogP contribution in [0.4, 0.5) is 0 Å². The molecule has 0 fully saturated rings. The molecule has 0 aliphatic heterocycles. The van der Waals surface area contributed by atoms with Gasteiger partial charge in [0, 0.05) is 0 Å². The largest absolute Gasteiger partial charge is 0.298 e. The molecule has 0 heterocycles. The van der Waals surface area contributed by atoms with Crippen LogP contribution < -0.4 is 0 Å². The Hall–Kier alpha value is -0.850. The van der Waals surface area contributed by atoms with Gasteiger partial charge in [-0.2, -0.15) is 0 Å². The van der Waals surface area contributed by atoms with Crippen molar-refractivity contribution < 1.29 is 4.79 Å². The lowest BCUT2D eigenvalue weighted by Gasteiger charge is -2.29. The summed E-state index contributed by atoms with van der Waals surface area (Å²) in [5.74, 6) is 0.384. The number of carbonyl (C=O) groups is 1. The Morgan fingerprint density at radius 3 is 2.54 bits per heavy atom. The van der Waals surface area contributed by atoms with Crippen molar-refractivity contribution in [2.24, 2.45) is 11.3 Å². The molecular weight excluding hydrogens is 160 g/mol. The summed E-state index contributed by atoms with van der Waals surface area (Å²) in [6, 6.07) is 0. The van der Waals surface area contributed by atoms with Gasteiger partial charge in [-0.15, -0.1) is 0 Å². The zero-order chi connectivity index (χ0) is 10.1. The van der Waals surface area contributed by atoms with Crippen molar-refractivity contribution in [3.8, 4) is 0 Å². The third-order valence-electron chi connectivity index (χ3n) is 3.42. The molecule has 0 bridgehead atoms. The molecule has 1 unspecified atom stereocenters. The van der Waals surface area contributed by atoms with Crippen LogP contribution in [-0.4, -0.2) is 6.29 Å². The van der Waals surface area contributed by atoms with Crippen LogP contribution in [-0.2, 0) is 4.79 Å². The summed E-state index contributed by atoms with van der Waals surface area (Å²) >= 11 is 0. The number of carbonyl (C=O) groups excluding carboxylic acids is 1. The molecule has 0 spiro atoms. The summed E-state index contributed by atoms with van der Waals surface area (Å²) in [4.78, 5) is 10.8. The molecular formula is C12H18O. The van der Waals surface area contributed by atoms with E-state index in [-0.39, 0.29) is 5.41 Å². The van der Waals surface area contributed by atoms with Gasteiger partial charge < -0.3 is 0 Å². The maximum absolute atomic E-state index is 10.8. The number of hydrogen-bond donors (Lipinski definition) is 0. The van der Waals surface area contributed by atoms with Crippen LogP contribution in [0.15, 0.2) is 23.3 Å². The highest BCUT2D eigenvalue weighted by atomic mass is 16.1. The van der Waals surface area contributed by atoms with E-state index in [0.29, 0.717) is 5.92 Å². The maximum Gasteiger partial charge on any atom is 0.146 e. The SMILES string of the molecule is CC=C(C=O)C1CC=C(C)C1(C)C. The minimum absolute atomic E-state index is 0.156. The molecule has 0 saturated heterocycles. The highest BCUT2D eigenvalue weighted by Gasteiger charge is 2.36. The van der Waals surface area contributed by atoms with E-state index < -0.39 is 0 Å². The molecule has 0 aromatic heterocycles. The van der Waals surface area contributed by atoms with E-state index in [2.05, 4.69) is 26.8 Å². The normalized spacial score (nSPS) is 27.2. The molecule has 0 saturated carbocycles. The summed E-state index contributed by atoms with van der Waals surface area (Å²) in [5, 5.41) is 0. The molecule has 0 N–H and O–H groups in total. The van der Waals surface area contributed by atoms with Crippen molar-refractivity contribution >= 4 is 6.29 Å². The Morgan fingerprint density at radius 2 is 2.23 bits per heavy atom. The van der Waals surface area contributed by atoms with E-state index in [1.165, 1.54) is 5.57 Å². The predicted octanol–water partition coefficient (Wildman–Crippen LogP) is 3.12. The second kappa shape index (κ2) is 3.49. The van der Waals surface area contributed by atoms with Gasteiger partial charge in [0.15, 0.2) is 0 Å². The van der Waals surface area contributed by atoms with Gasteiger partial charge in [0.2, 0.25) is 0 Å². The summed E-state index contributed by atoms with van der Waals surface area (Å²) in [6.07, 6.45) is 6.19. The Labute approximate surface area is 80.5 Å². The lowest BCUT2D eigenvalue weighted by molar-refractivity contribution is -0.105. The minimum atomic E-state index is 0.156. The van der Waals surface area contributed by atoms with Crippen LogP contribution in [0, 0.1) is 11.3 Å². The molecule has 1 atom stereocenters. The van der Waals surface area contributed by atoms with Crippen molar-refractivity contribution in [1.29, 1.82) is 0 Å². The van der Waals surface area contributed by atoms with Gasteiger partial charge in [-0.05, 0) is 37.2 Å². The monoisotopic (exact) mass is 178 g/mol. The van der Waals surface area contributed by atoms with Crippen LogP contribution >= 0.6 is 0 Å². The maximum atomic E-state index is 10.8. The Balaban J connectivity index is 2.94. The average molecular weight is 178 g/mol. The van der Waals surface area contributed by atoms with E-state index in [1.54, 1.807) is 0 Å². The Bertz CT molecular complexity index is 269. The first-order chi connectivity index (χ1) is 6.04. The average Bonchev–Trinajstić information content (AvgIpc) is 2.34. The van der Waals surface area contributed by atoms with E-state index in [4.69, 9.17) is 0 Å². The van der Waals surface area contributed by atoms with Crippen molar-refractivity contribution in [2.75, 3.05) is 0 Å². The smallest absolute Gasteiger partial charge is 0.146 e. The van der Waals surface area contributed by atoms with Gasteiger partial charge in [-0.3, -0.25) is 4.79 Å². The summed E-state index contributed by atoms with van der Waals surface area (Å²) in [5.41, 5.74) is 2.50. The molecule has 1 aliphatic rings. The standard InChI is InChI=1S/C12H18O/c1-5-10(8-13)11-7-6-9(2)12(11,3)4/h5-6,8,11H,7H2,1-4H3. The van der Waals surface area contributed by atoms with E-state index >= 15 is 0 Å². The Kier molecular flexibility index (Phi) is 2.74. The van der Waals surface area contributed by atoms with Crippen molar-refractivity contribution in [2.45, 2.75) is 34.1 Å². The lowest BCUT2D eigenvalue weighted by Crippen LogP contribution is -2.22. The summed E-state index contributed by atoms with van der Waals surface area (Å²) in [6.45, 7) is 8.51. The molecule has 72 valence electrons. The molecule has 1 nitrogen and oxygen atoms in total.